The van der Waals surface area contributed by atoms with Gasteiger partial charge in [-0.3, -0.25) is 9.59 Å². The summed E-state index contributed by atoms with van der Waals surface area (Å²) in [6.45, 7) is 12.4. The Morgan fingerprint density at radius 3 is 2.45 bits per heavy atom. The van der Waals surface area contributed by atoms with Crippen LogP contribution in [0.15, 0.2) is 24.3 Å². The van der Waals surface area contributed by atoms with Gasteiger partial charge in [0.25, 0.3) is 5.91 Å². The lowest BCUT2D eigenvalue weighted by molar-refractivity contribution is -0.120. The van der Waals surface area contributed by atoms with E-state index in [1.807, 2.05) is 6.92 Å². The molecule has 1 aliphatic rings. The van der Waals surface area contributed by atoms with Crippen LogP contribution in [0.5, 0.6) is 5.75 Å². The summed E-state index contributed by atoms with van der Waals surface area (Å²) in [6.07, 6.45) is 3.36. The lowest BCUT2D eigenvalue weighted by Crippen LogP contribution is -2.48. The summed E-state index contributed by atoms with van der Waals surface area (Å²) in [5, 5.41) is 5.67. The molecule has 2 rings (SSSR count). The van der Waals surface area contributed by atoms with Crippen molar-refractivity contribution in [3.05, 3.63) is 29.8 Å². The number of piperidine rings is 1. The van der Waals surface area contributed by atoms with Crippen molar-refractivity contribution in [2.24, 2.45) is 11.8 Å². The summed E-state index contributed by atoms with van der Waals surface area (Å²) in [4.78, 5) is 26.9. The molecule has 1 aliphatic heterocycles. The summed E-state index contributed by atoms with van der Waals surface area (Å²) < 4.78 is 5.60. The second-order valence-electron chi connectivity index (χ2n) is 8.54. The molecule has 1 fully saturated rings. The highest BCUT2D eigenvalue weighted by atomic mass is 16.5. The number of benzene rings is 1. The number of carbonyl (C=O) groups excluding carboxylic acids is 2. The second kappa shape index (κ2) is 11.8. The molecule has 0 bridgehead atoms. The number of likely N-dealkylation sites (tertiary alicyclic amines) is 1. The molecule has 1 saturated heterocycles. The van der Waals surface area contributed by atoms with Gasteiger partial charge in [0.1, 0.15) is 5.75 Å². The van der Waals surface area contributed by atoms with Gasteiger partial charge in [-0.15, -0.1) is 0 Å². The average molecular weight is 404 g/mol. The Labute approximate surface area is 175 Å². The number of nitrogens with zero attached hydrogens (tertiary/aromatic N) is 1. The van der Waals surface area contributed by atoms with Crippen molar-refractivity contribution in [3.8, 4) is 5.75 Å². The van der Waals surface area contributed by atoms with E-state index in [0.29, 0.717) is 24.0 Å². The van der Waals surface area contributed by atoms with Crippen molar-refractivity contribution in [1.29, 1.82) is 0 Å². The lowest BCUT2D eigenvalue weighted by atomic mass is 9.92. The van der Waals surface area contributed by atoms with E-state index in [-0.39, 0.29) is 24.4 Å². The molecule has 1 aromatic carbocycles. The summed E-state index contributed by atoms with van der Waals surface area (Å²) in [5.74, 6) is 1.73. The van der Waals surface area contributed by atoms with Gasteiger partial charge in [-0.25, -0.2) is 0 Å². The maximum absolute atomic E-state index is 12.3. The van der Waals surface area contributed by atoms with Crippen LogP contribution in [0.2, 0.25) is 0 Å². The molecule has 2 amide bonds. The van der Waals surface area contributed by atoms with Gasteiger partial charge in [-0.2, -0.15) is 0 Å². The number of hydrogen-bond acceptors (Lipinski definition) is 4. The zero-order chi connectivity index (χ0) is 21.2. The Balaban J connectivity index is 1.70. The molecule has 2 N–H and O–H groups in total. The fourth-order valence-corrected chi connectivity index (χ4v) is 4.00. The first-order chi connectivity index (χ1) is 13.9. The Morgan fingerprint density at radius 2 is 1.83 bits per heavy atom. The van der Waals surface area contributed by atoms with Crippen molar-refractivity contribution in [2.75, 3.05) is 32.8 Å². The van der Waals surface area contributed by atoms with Crippen molar-refractivity contribution < 1.29 is 14.3 Å². The minimum absolute atomic E-state index is 0.0231. The molecule has 162 valence electrons. The molecule has 0 saturated carbocycles. The summed E-state index contributed by atoms with van der Waals surface area (Å²) in [6, 6.07) is 7.06. The molecule has 0 spiro atoms. The van der Waals surface area contributed by atoms with Crippen LogP contribution < -0.4 is 15.4 Å². The van der Waals surface area contributed by atoms with Gasteiger partial charge < -0.3 is 20.3 Å². The van der Waals surface area contributed by atoms with Gasteiger partial charge in [0.15, 0.2) is 0 Å². The Morgan fingerprint density at radius 1 is 1.17 bits per heavy atom. The molecule has 6 heteroatoms. The molecule has 1 heterocycles. The predicted molar refractivity (Wildman–Crippen MR) is 116 cm³/mol. The van der Waals surface area contributed by atoms with E-state index < -0.39 is 0 Å². The molecule has 0 unspecified atom stereocenters. The standard InChI is InChI=1S/C23H37N3O3/c1-5-6-11-29-21-9-7-20(8-10-21)23(28)24-13-22(27)25-19(4)16-26-14-17(2)12-18(3)15-26/h7-10,17-19H,5-6,11-16H2,1-4H3,(H,24,28)(H,25,27)/t17-,18+,19-/m0/s1. The zero-order valence-corrected chi connectivity index (χ0v) is 18.4. The van der Waals surface area contributed by atoms with Crippen LogP contribution in [0.25, 0.3) is 0 Å². The van der Waals surface area contributed by atoms with E-state index >= 15 is 0 Å². The summed E-state index contributed by atoms with van der Waals surface area (Å²) in [5.41, 5.74) is 0.519. The monoisotopic (exact) mass is 403 g/mol. The van der Waals surface area contributed by atoms with E-state index in [1.54, 1.807) is 24.3 Å². The van der Waals surface area contributed by atoms with Gasteiger partial charge >= 0.3 is 0 Å². The molecular weight excluding hydrogens is 366 g/mol. The normalized spacial score (nSPS) is 20.7. The van der Waals surface area contributed by atoms with Crippen molar-refractivity contribution in [3.63, 3.8) is 0 Å². The highest BCUT2D eigenvalue weighted by Gasteiger charge is 2.23. The maximum atomic E-state index is 12.3. The predicted octanol–water partition coefficient (Wildman–Crippen LogP) is 3.08. The third kappa shape index (κ3) is 8.44. The molecule has 1 aromatic rings. The van der Waals surface area contributed by atoms with Crippen molar-refractivity contribution >= 4 is 11.8 Å². The zero-order valence-electron chi connectivity index (χ0n) is 18.4. The smallest absolute Gasteiger partial charge is 0.251 e. The van der Waals surface area contributed by atoms with E-state index in [0.717, 1.165) is 38.2 Å². The number of carbonyl (C=O) groups is 2. The van der Waals surface area contributed by atoms with Gasteiger partial charge in [0.2, 0.25) is 5.91 Å². The fourth-order valence-electron chi connectivity index (χ4n) is 4.00. The number of hydrogen-bond donors (Lipinski definition) is 2. The molecule has 3 atom stereocenters. The average Bonchev–Trinajstić information content (AvgIpc) is 2.66. The van der Waals surface area contributed by atoms with Crippen LogP contribution in [-0.2, 0) is 4.79 Å². The highest BCUT2D eigenvalue weighted by Crippen LogP contribution is 2.20. The molecular formula is C23H37N3O3. The molecule has 0 aromatic heterocycles. The third-order valence-electron chi connectivity index (χ3n) is 5.18. The molecule has 6 nitrogen and oxygen atoms in total. The fraction of sp³-hybridized carbons (Fsp3) is 0.652. The Bertz CT molecular complexity index is 637. The van der Waals surface area contributed by atoms with Gasteiger partial charge in [0.05, 0.1) is 13.2 Å². The quantitative estimate of drug-likeness (QED) is 0.589. The molecule has 0 aliphatic carbocycles. The van der Waals surface area contributed by atoms with Gasteiger partial charge in [-0.05, 0) is 55.9 Å². The van der Waals surface area contributed by atoms with Crippen LogP contribution in [0.4, 0.5) is 0 Å². The van der Waals surface area contributed by atoms with E-state index in [4.69, 9.17) is 4.74 Å². The number of amides is 2. The van der Waals surface area contributed by atoms with Crippen LogP contribution in [0, 0.1) is 11.8 Å². The largest absolute Gasteiger partial charge is 0.494 e. The topological polar surface area (TPSA) is 70.7 Å². The van der Waals surface area contributed by atoms with E-state index in [2.05, 4.69) is 36.3 Å². The van der Waals surface area contributed by atoms with Crippen molar-refractivity contribution in [1.82, 2.24) is 15.5 Å². The van der Waals surface area contributed by atoms with E-state index in [1.165, 1.54) is 6.42 Å². The number of unbranched alkanes of at least 4 members (excludes halogenated alkanes) is 1. The number of nitrogens with one attached hydrogen (secondary N) is 2. The second-order valence-corrected chi connectivity index (χ2v) is 8.54. The highest BCUT2D eigenvalue weighted by molar-refractivity contribution is 5.96. The minimum Gasteiger partial charge on any atom is -0.494 e. The minimum atomic E-state index is -0.258. The van der Waals surface area contributed by atoms with E-state index in [9.17, 15) is 9.59 Å². The van der Waals surface area contributed by atoms with Crippen LogP contribution >= 0.6 is 0 Å². The van der Waals surface area contributed by atoms with Gasteiger partial charge in [-0.1, -0.05) is 27.2 Å². The summed E-state index contributed by atoms with van der Waals surface area (Å²) in [7, 11) is 0. The Hall–Kier alpha value is -2.08. The lowest BCUT2D eigenvalue weighted by Gasteiger charge is -2.36. The molecule has 29 heavy (non-hydrogen) atoms. The van der Waals surface area contributed by atoms with Crippen LogP contribution in [0.3, 0.4) is 0 Å². The van der Waals surface area contributed by atoms with Crippen LogP contribution in [0.1, 0.15) is 57.3 Å². The first kappa shape index (κ1) is 23.2. The van der Waals surface area contributed by atoms with Crippen LogP contribution in [-0.4, -0.2) is 55.5 Å². The SMILES string of the molecule is CCCCOc1ccc(C(=O)NCC(=O)N[C@@H](C)CN2C[C@H](C)C[C@H](C)C2)cc1. The van der Waals surface area contributed by atoms with Crippen molar-refractivity contribution in [2.45, 2.75) is 53.0 Å². The van der Waals surface area contributed by atoms with Gasteiger partial charge in [0, 0.05) is 31.2 Å². The third-order valence-corrected chi connectivity index (χ3v) is 5.18. The Kier molecular flexibility index (Phi) is 9.45. The summed E-state index contributed by atoms with van der Waals surface area (Å²) >= 11 is 0. The number of rotatable bonds is 10. The molecule has 0 radical (unpaired) electrons. The first-order valence-electron chi connectivity index (χ1n) is 10.9. The first-order valence-corrected chi connectivity index (χ1v) is 10.9. The number of ether oxygens (including phenoxy) is 1. The maximum Gasteiger partial charge on any atom is 0.251 e.